The van der Waals surface area contributed by atoms with E-state index in [0.717, 1.165) is 32.3 Å². The molecule has 124 valence electrons. The average Bonchev–Trinajstić information content (AvgIpc) is 2.56. The molecule has 3 nitrogen and oxygen atoms in total. The summed E-state index contributed by atoms with van der Waals surface area (Å²) in [6.07, 6.45) is 10.9. The molecule has 3 atom stereocenters. The van der Waals surface area contributed by atoms with Gasteiger partial charge in [0, 0.05) is 25.2 Å². The first-order valence-electron chi connectivity index (χ1n) is 9.29. The minimum atomic E-state index is 0.383. The monoisotopic (exact) mass is 297 g/mol. The van der Waals surface area contributed by atoms with Gasteiger partial charge in [-0.25, -0.2) is 0 Å². The van der Waals surface area contributed by atoms with Crippen molar-refractivity contribution in [1.82, 2.24) is 5.32 Å². The summed E-state index contributed by atoms with van der Waals surface area (Å²) in [6, 6.07) is 0.480. The highest BCUT2D eigenvalue weighted by Gasteiger charge is 2.36. The summed E-state index contributed by atoms with van der Waals surface area (Å²) in [5, 5.41) is 3.82. The molecule has 0 bridgehead atoms. The molecule has 1 aliphatic carbocycles. The zero-order chi connectivity index (χ0) is 14.9. The Kier molecular flexibility index (Phi) is 8.05. The van der Waals surface area contributed by atoms with Gasteiger partial charge in [0.25, 0.3) is 0 Å². The maximum absolute atomic E-state index is 6.28. The molecule has 2 fully saturated rings. The normalized spacial score (nSPS) is 27.4. The highest BCUT2D eigenvalue weighted by Crippen LogP contribution is 2.33. The van der Waals surface area contributed by atoms with Gasteiger partial charge in [-0.3, -0.25) is 0 Å². The fourth-order valence-electron chi connectivity index (χ4n) is 4.10. The summed E-state index contributed by atoms with van der Waals surface area (Å²) in [5.74, 6) is 1.37. The van der Waals surface area contributed by atoms with E-state index in [1.807, 2.05) is 0 Å². The first-order valence-corrected chi connectivity index (χ1v) is 9.29. The third kappa shape index (κ3) is 5.22. The van der Waals surface area contributed by atoms with Gasteiger partial charge in [0.1, 0.15) is 0 Å². The Morgan fingerprint density at radius 3 is 2.43 bits per heavy atom. The molecule has 1 saturated carbocycles. The van der Waals surface area contributed by atoms with Gasteiger partial charge in [-0.15, -0.1) is 0 Å². The fraction of sp³-hybridized carbons (Fsp3) is 1.00. The Morgan fingerprint density at radius 2 is 1.81 bits per heavy atom. The summed E-state index contributed by atoms with van der Waals surface area (Å²) < 4.78 is 12.0. The fourth-order valence-corrected chi connectivity index (χ4v) is 4.10. The lowest BCUT2D eigenvalue weighted by Gasteiger charge is -2.41. The molecule has 0 amide bonds. The molecule has 21 heavy (non-hydrogen) atoms. The second-order valence-corrected chi connectivity index (χ2v) is 6.78. The molecule has 0 aromatic carbocycles. The molecule has 0 aromatic rings. The third-order valence-electron chi connectivity index (χ3n) is 5.16. The number of ether oxygens (including phenoxy) is 2. The van der Waals surface area contributed by atoms with E-state index in [1.165, 1.54) is 51.4 Å². The molecule has 3 unspecified atom stereocenters. The van der Waals surface area contributed by atoms with Crippen LogP contribution < -0.4 is 5.32 Å². The first kappa shape index (κ1) is 17.2. The molecule has 3 heteroatoms. The molecule has 2 rings (SSSR count). The molecular weight excluding hydrogens is 262 g/mol. The van der Waals surface area contributed by atoms with Gasteiger partial charge in [-0.2, -0.15) is 0 Å². The Morgan fingerprint density at radius 1 is 1.05 bits per heavy atom. The maximum atomic E-state index is 6.28. The number of rotatable bonds is 8. The van der Waals surface area contributed by atoms with Gasteiger partial charge in [0.15, 0.2) is 0 Å². The Labute approximate surface area is 131 Å². The molecule has 1 aliphatic heterocycles. The van der Waals surface area contributed by atoms with Crippen molar-refractivity contribution in [2.45, 2.75) is 77.4 Å². The van der Waals surface area contributed by atoms with Crippen molar-refractivity contribution in [3.63, 3.8) is 0 Å². The molecule has 0 radical (unpaired) electrons. The van der Waals surface area contributed by atoms with Crippen LogP contribution in [0, 0.1) is 11.8 Å². The zero-order valence-corrected chi connectivity index (χ0v) is 14.1. The van der Waals surface area contributed by atoms with Crippen molar-refractivity contribution in [2.24, 2.45) is 11.8 Å². The van der Waals surface area contributed by atoms with Gasteiger partial charge in [0.05, 0.1) is 12.7 Å². The lowest BCUT2D eigenvalue weighted by atomic mass is 9.78. The van der Waals surface area contributed by atoms with E-state index in [-0.39, 0.29) is 0 Å². The standard InChI is InChI=1S/C18H35NO2/c1-3-12-19-17(16-11-8-13-20-14-16)18(21-4-2)15-9-6-5-7-10-15/h15-19H,3-14H2,1-2H3. The summed E-state index contributed by atoms with van der Waals surface area (Å²) in [7, 11) is 0. The van der Waals surface area contributed by atoms with Crippen LogP contribution in [0.1, 0.15) is 65.2 Å². The summed E-state index contributed by atoms with van der Waals surface area (Å²) in [4.78, 5) is 0. The van der Waals surface area contributed by atoms with Gasteiger partial charge in [-0.05, 0) is 51.5 Å². The van der Waals surface area contributed by atoms with Crippen molar-refractivity contribution in [3.05, 3.63) is 0 Å². The lowest BCUT2D eigenvalue weighted by Crippen LogP contribution is -2.52. The van der Waals surface area contributed by atoms with Crippen molar-refractivity contribution in [2.75, 3.05) is 26.4 Å². The predicted molar refractivity (Wildman–Crippen MR) is 87.6 cm³/mol. The van der Waals surface area contributed by atoms with E-state index < -0.39 is 0 Å². The van der Waals surface area contributed by atoms with E-state index in [2.05, 4.69) is 19.2 Å². The minimum Gasteiger partial charge on any atom is -0.381 e. The topological polar surface area (TPSA) is 30.5 Å². The number of nitrogens with one attached hydrogen (secondary N) is 1. The van der Waals surface area contributed by atoms with Crippen molar-refractivity contribution in [1.29, 1.82) is 0 Å². The van der Waals surface area contributed by atoms with Crippen molar-refractivity contribution >= 4 is 0 Å². The Balaban J connectivity index is 2.04. The quantitative estimate of drug-likeness (QED) is 0.740. The summed E-state index contributed by atoms with van der Waals surface area (Å²) in [5.41, 5.74) is 0. The van der Waals surface area contributed by atoms with E-state index in [1.54, 1.807) is 0 Å². The van der Waals surface area contributed by atoms with Crippen LogP contribution in [-0.2, 0) is 9.47 Å². The summed E-state index contributed by atoms with van der Waals surface area (Å²) in [6.45, 7) is 8.18. The van der Waals surface area contributed by atoms with Gasteiger partial charge < -0.3 is 14.8 Å². The highest BCUT2D eigenvalue weighted by atomic mass is 16.5. The molecule has 0 aromatic heterocycles. The highest BCUT2D eigenvalue weighted by molar-refractivity contribution is 4.90. The van der Waals surface area contributed by atoms with Crippen LogP contribution in [0.5, 0.6) is 0 Å². The number of hydrogen-bond donors (Lipinski definition) is 1. The molecule has 2 aliphatic rings. The average molecular weight is 297 g/mol. The predicted octanol–water partition coefficient (Wildman–Crippen LogP) is 3.77. The molecule has 1 saturated heterocycles. The van der Waals surface area contributed by atoms with Crippen LogP contribution in [0.3, 0.4) is 0 Å². The molecule has 1 heterocycles. The number of hydrogen-bond acceptors (Lipinski definition) is 3. The van der Waals surface area contributed by atoms with E-state index >= 15 is 0 Å². The zero-order valence-electron chi connectivity index (χ0n) is 14.1. The lowest BCUT2D eigenvalue weighted by molar-refractivity contribution is -0.0548. The SMILES string of the molecule is CCCNC(C1CCCOC1)C(OCC)C1CCCCC1. The van der Waals surface area contributed by atoms with E-state index in [0.29, 0.717) is 18.1 Å². The van der Waals surface area contributed by atoms with Crippen LogP contribution in [0.15, 0.2) is 0 Å². The van der Waals surface area contributed by atoms with Crippen LogP contribution >= 0.6 is 0 Å². The van der Waals surface area contributed by atoms with Crippen molar-refractivity contribution in [3.8, 4) is 0 Å². The summed E-state index contributed by atoms with van der Waals surface area (Å²) >= 11 is 0. The largest absolute Gasteiger partial charge is 0.381 e. The second-order valence-electron chi connectivity index (χ2n) is 6.78. The van der Waals surface area contributed by atoms with E-state index in [9.17, 15) is 0 Å². The van der Waals surface area contributed by atoms with Gasteiger partial charge >= 0.3 is 0 Å². The minimum absolute atomic E-state index is 0.383. The van der Waals surface area contributed by atoms with Crippen LogP contribution in [0.25, 0.3) is 0 Å². The Hall–Kier alpha value is -0.120. The van der Waals surface area contributed by atoms with E-state index in [4.69, 9.17) is 9.47 Å². The maximum Gasteiger partial charge on any atom is 0.0759 e. The van der Waals surface area contributed by atoms with Crippen LogP contribution in [0.2, 0.25) is 0 Å². The van der Waals surface area contributed by atoms with Crippen molar-refractivity contribution < 1.29 is 9.47 Å². The molecular formula is C18H35NO2. The van der Waals surface area contributed by atoms with Crippen LogP contribution in [-0.4, -0.2) is 38.5 Å². The smallest absolute Gasteiger partial charge is 0.0759 e. The Bertz CT molecular complexity index is 260. The third-order valence-corrected chi connectivity index (χ3v) is 5.16. The second kappa shape index (κ2) is 9.81. The van der Waals surface area contributed by atoms with Crippen LogP contribution in [0.4, 0.5) is 0 Å². The van der Waals surface area contributed by atoms with Gasteiger partial charge in [-0.1, -0.05) is 26.2 Å². The first-order chi connectivity index (χ1) is 10.4. The molecule has 1 N–H and O–H groups in total. The van der Waals surface area contributed by atoms with Gasteiger partial charge in [0.2, 0.25) is 0 Å². The molecule has 0 spiro atoms.